The summed E-state index contributed by atoms with van der Waals surface area (Å²) in [5.74, 6) is -0.728. The number of aromatic nitrogens is 2. The molecule has 0 bridgehead atoms. The van der Waals surface area contributed by atoms with Gasteiger partial charge in [0.05, 0.1) is 5.56 Å². The molecule has 0 fully saturated rings. The Labute approximate surface area is 174 Å². The van der Waals surface area contributed by atoms with Gasteiger partial charge in [0.1, 0.15) is 6.61 Å². The molecular weight excluding hydrogens is 384 g/mol. The Morgan fingerprint density at radius 3 is 2.76 bits per heavy atom. The number of thiazole rings is 1. The van der Waals surface area contributed by atoms with Crippen LogP contribution in [0.4, 0.5) is 0 Å². The fourth-order valence-corrected chi connectivity index (χ4v) is 3.61. The quantitative estimate of drug-likeness (QED) is 0.295. The molecule has 0 radical (unpaired) electrons. The van der Waals surface area contributed by atoms with E-state index in [0.717, 1.165) is 35.1 Å². The third kappa shape index (κ3) is 5.29. The number of aromatic amines is 1. The molecule has 0 saturated carbocycles. The summed E-state index contributed by atoms with van der Waals surface area (Å²) >= 11 is 1.15. The zero-order valence-corrected chi connectivity index (χ0v) is 17.6. The number of esters is 1. The zero-order valence-electron chi connectivity index (χ0n) is 16.8. The minimum atomic E-state index is -0.521. The van der Waals surface area contributed by atoms with Crippen molar-refractivity contribution in [2.45, 2.75) is 33.6 Å². The molecule has 5 nitrogen and oxygen atoms in total. The molecule has 3 aromatic rings. The van der Waals surface area contributed by atoms with Gasteiger partial charge in [0, 0.05) is 22.5 Å². The number of rotatable bonds is 8. The van der Waals surface area contributed by atoms with Gasteiger partial charge >= 0.3 is 5.97 Å². The summed E-state index contributed by atoms with van der Waals surface area (Å²) in [5.41, 5.74) is 4.06. The first kappa shape index (κ1) is 20.7. The summed E-state index contributed by atoms with van der Waals surface area (Å²) in [6.07, 6.45) is 7.67. The third-order valence-electron chi connectivity index (χ3n) is 4.48. The minimum Gasteiger partial charge on any atom is -0.457 e. The van der Waals surface area contributed by atoms with E-state index in [0.29, 0.717) is 5.56 Å². The van der Waals surface area contributed by atoms with Crippen LogP contribution in [0.3, 0.4) is 0 Å². The topological polar surface area (TPSA) is 72.1 Å². The van der Waals surface area contributed by atoms with Crippen molar-refractivity contribution >= 4 is 34.0 Å². The number of hydrogen-bond donors (Lipinski definition) is 1. The predicted molar refractivity (Wildman–Crippen MR) is 117 cm³/mol. The highest BCUT2D eigenvalue weighted by Gasteiger charge is 2.20. The van der Waals surface area contributed by atoms with Crippen LogP contribution in [0.2, 0.25) is 0 Å². The van der Waals surface area contributed by atoms with Crippen LogP contribution in [-0.4, -0.2) is 28.3 Å². The fraction of sp³-hybridized carbons (Fsp3) is 0.261. The molecule has 0 spiro atoms. The van der Waals surface area contributed by atoms with E-state index in [1.54, 1.807) is 11.6 Å². The number of fused-ring (bicyclic) bond motifs is 1. The molecule has 0 amide bonds. The minimum absolute atomic E-state index is 0.161. The van der Waals surface area contributed by atoms with Crippen molar-refractivity contribution in [1.82, 2.24) is 9.97 Å². The van der Waals surface area contributed by atoms with Gasteiger partial charge in [0.15, 0.2) is 10.7 Å². The van der Waals surface area contributed by atoms with E-state index in [-0.39, 0.29) is 23.1 Å². The molecule has 0 aliphatic heterocycles. The van der Waals surface area contributed by atoms with Crippen molar-refractivity contribution in [3.8, 4) is 0 Å². The highest BCUT2D eigenvalue weighted by molar-refractivity contribution is 7.12. The molecule has 29 heavy (non-hydrogen) atoms. The molecule has 0 aliphatic rings. The molecular formula is C23H24N2O3S. The third-order valence-corrected chi connectivity index (χ3v) is 5.32. The SMILES string of the molecule is CC(C)=CCC/C(C)=C/COC(=O)c1csc(C(=O)c2c[nH]c3ccccc23)n1. The number of nitrogens with one attached hydrogen (secondary N) is 1. The Morgan fingerprint density at radius 1 is 1.17 bits per heavy atom. The first-order valence-corrected chi connectivity index (χ1v) is 10.4. The van der Waals surface area contributed by atoms with Crippen molar-refractivity contribution in [2.75, 3.05) is 6.61 Å². The first-order valence-electron chi connectivity index (χ1n) is 9.48. The Bertz CT molecular complexity index is 1080. The van der Waals surface area contributed by atoms with Crippen LogP contribution < -0.4 is 0 Å². The molecule has 1 aromatic carbocycles. The highest BCUT2D eigenvalue weighted by atomic mass is 32.1. The lowest BCUT2D eigenvalue weighted by Crippen LogP contribution is -2.07. The number of ketones is 1. The average Bonchev–Trinajstić information content (AvgIpc) is 3.34. The Balaban J connectivity index is 1.60. The maximum atomic E-state index is 12.8. The molecule has 1 N–H and O–H groups in total. The summed E-state index contributed by atoms with van der Waals surface area (Å²) in [7, 11) is 0. The van der Waals surface area contributed by atoms with Crippen LogP contribution in [-0.2, 0) is 4.74 Å². The van der Waals surface area contributed by atoms with Crippen LogP contribution in [0.25, 0.3) is 10.9 Å². The molecule has 3 rings (SSSR count). The number of nitrogens with zero attached hydrogens (tertiary/aromatic N) is 1. The van der Waals surface area contributed by atoms with Gasteiger partial charge < -0.3 is 9.72 Å². The number of benzene rings is 1. The average molecular weight is 409 g/mol. The van der Waals surface area contributed by atoms with Crippen LogP contribution in [0, 0.1) is 0 Å². The van der Waals surface area contributed by atoms with Gasteiger partial charge in [0.2, 0.25) is 5.78 Å². The number of ether oxygens (including phenoxy) is 1. The lowest BCUT2D eigenvalue weighted by Gasteiger charge is -2.01. The number of para-hydroxylation sites is 1. The predicted octanol–water partition coefficient (Wildman–Crippen LogP) is 5.70. The molecule has 150 valence electrons. The van der Waals surface area contributed by atoms with Crippen LogP contribution in [0.1, 0.15) is 59.5 Å². The lowest BCUT2D eigenvalue weighted by atomic mass is 10.1. The standard InChI is InChI=1S/C23H24N2O3S/c1-15(2)7-6-8-16(3)11-12-28-23(27)20-14-29-22(25-20)21(26)18-13-24-19-10-5-4-9-17(18)19/h4-5,7,9-11,13-14,24H,6,8,12H2,1-3H3/b16-11+. The van der Waals surface area contributed by atoms with Crippen LogP contribution in [0.5, 0.6) is 0 Å². The summed E-state index contributed by atoms with van der Waals surface area (Å²) in [5, 5.41) is 2.68. The molecule has 2 heterocycles. The number of hydrogen-bond acceptors (Lipinski definition) is 5. The molecule has 6 heteroatoms. The van der Waals surface area contributed by atoms with Gasteiger partial charge in [0.25, 0.3) is 0 Å². The monoisotopic (exact) mass is 408 g/mol. The maximum absolute atomic E-state index is 12.8. The Kier molecular flexibility index (Phi) is 6.77. The van der Waals surface area contributed by atoms with E-state index in [1.807, 2.05) is 37.3 Å². The second kappa shape index (κ2) is 9.47. The van der Waals surface area contributed by atoms with Crippen molar-refractivity contribution in [3.05, 3.63) is 75.4 Å². The smallest absolute Gasteiger partial charge is 0.358 e. The molecule has 0 unspecified atom stereocenters. The molecule has 0 atom stereocenters. The van der Waals surface area contributed by atoms with E-state index in [4.69, 9.17) is 4.74 Å². The first-order chi connectivity index (χ1) is 14.0. The summed E-state index contributed by atoms with van der Waals surface area (Å²) in [6, 6.07) is 7.58. The van der Waals surface area contributed by atoms with Gasteiger partial charge in [-0.2, -0.15) is 0 Å². The second-order valence-electron chi connectivity index (χ2n) is 7.08. The van der Waals surface area contributed by atoms with Crippen molar-refractivity contribution in [2.24, 2.45) is 0 Å². The molecule has 2 aromatic heterocycles. The normalized spacial score (nSPS) is 11.5. The summed E-state index contributed by atoms with van der Waals surface area (Å²) in [4.78, 5) is 32.3. The van der Waals surface area contributed by atoms with Crippen LogP contribution >= 0.6 is 11.3 Å². The summed E-state index contributed by atoms with van der Waals surface area (Å²) in [6.45, 7) is 6.37. The van der Waals surface area contributed by atoms with E-state index in [2.05, 4.69) is 29.9 Å². The zero-order chi connectivity index (χ0) is 20.8. The Hall–Kier alpha value is -2.99. The van der Waals surface area contributed by atoms with E-state index >= 15 is 0 Å². The highest BCUT2D eigenvalue weighted by Crippen LogP contribution is 2.22. The molecule has 0 saturated heterocycles. The number of carbonyl (C=O) groups is 2. The maximum Gasteiger partial charge on any atom is 0.358 e. The number of carbonyl (C=O) groups excluding carboxylic acids is 2. The lowest BCUT2D eigenvalue weighted by molar-refractivity contribution is 0.0543. The van der Waals surface area contributed by atoms with Gasteiger partial charge in [-0.15, -0.1) is 11.3 Å². The second-order valence-corrected chi connectivity index (χ2v) is 7.94. The van der Waals surface area contributed by atoms with Crippen molar-refractivity contribution in [3.63, 3.8) is 0 Å². The van der Waals surface area contributed by atoms with Crippen LogP contribution in [0.15, 0.2) is 59.1 Å². The van der Waals surface area contributed by atoms with Gasteiger partial charge in [-0.3, -0.25) is 4.79 Å². The van der Waals surface area contributed by atoms with Gasteiger partial charge in [-0.25, -0.2) is 9.78 Å². The van der Waals surface area contributed by atoms with Gasteiger partial charge in [-0.1, -0.05) is 35.4 Å². The fourth-order valence-electron chi connectivity index (χ4n) is 2.87. The largest absolute Gasteiger partial charge is 0.457 e. The number of H-pyrrole nitrogens is 1. The van der Waals surface area contributed by atoms with Gasteiger partial charge in [-0.05, 0) is 45.8 Å². The van der Waals surface area contributed by atoms with Crippen molar-refractivity contribution < 1.29 is 14.3 Å². The van der Waals surface area contributed by atoms with Crippen molar-refractivity contribution in [1.29, 1.82) is 0 Å². The van der Waals surface area contributed by atoms with E-state index < -0.39 is 5.97 Å². The summed E-state index contributed by atoms with van der Waals surface area (Å²) < 4.78 is 5.28. The number of allylic oxidation sites excluding steroid dienone is 3. The van der Waals surface area contributed by atoms with E-state index in [9.17, 15) is 9.59 Å². The molecule has 0 aliphatic carbocycles. The van der Waals surface area contributed by atoms with E-state index in [1.165, 1.54) is 11.1 Å². The Morgan fingerprint density at radius 2 is 1.97 bits per heavy atom.